The number of aliphatic hydroxyl groups is 1. The standard InChI is InChI=1S/C39H65NO6/c1-27(2)13-9-14-28(3)15-10-16-29(4)17-11-23-39(8)24-22-34-32(7)37(30(5)31(6)38(34)46-39)45-36(44)21-19-33(42)18-20-35(43)40-25-12-26-41/h27-29,41H,9-26H2,1-8H3,(H,40,43). The number of fused-ring (bicyclic) bond motifs is 1. The van der Waals surface area contributed by atoms with Crippen LogP contribution in [0.3, 0.4) is 0 Å². The summed E-state index contributed by atoms with van der Waals surface area (Å²) in [6, 6.07) is 0. The Morgan fingerprint density at radius 3 is 2.07 bits per heavy atom. The van der Waals surface area contributed by atoms with E-state index in [1.165, 1.54) is 44.9 Å². The molecule has 0 aromatic heterocycles. The molecule has 0 saturated heterocycles. The van der Waals surface area contributed by atoms with Crippen LogP contribution < -0.4 is 14.8 Å². The molecule has 2 N–H and O–H groups in total. The molecule has 7 heteroatoms. The normalized spacial score (nSPS) is 17.3. The molecular weight excluding hydrogens is 578 g/mol. The molecule has 3 atom stereocenters. The van der Waals surface area contributed by atoms with Crippen LogP contribution in [0.1, 0.15) is 153 Å². The third-order valence-electron chi connectivity index (χ3n) is 9.95. The fourth-order valence-electron chi connectivity index (χ4n) is 6.59. The largest absolute Gasteiger partial charge is 0.487 e. The summed E-state index contributed by atoms with van der Waals surface area (Å²) in [5.74, 6) is 3.09. The molecule has 1 aromatic rings. The zero-order valence-electron chi connectivity index (χ0n) is 30.4. The maximum atomic E-state index is 12.7. The Morgan fingerprint density at radius 2 is 1.43 bits per heavy atom. The molecule has 3 unspecified atom stereocenters. The van der Waals surface area contributed by atoms with Gasteiger partial charge in [0.15, 0.2) is 0 Å². The van der Waals surface area contributed by atoms with Gasteiger partial charge in [0.05, 0.1) is 6.42 Å². The van der Waals surface area contributed by atoms with Crippen LogP contribution in [0.25, 0.3) is 0 Å². The van der Waals surface area contributed by atoms with Crippen LogP contribution in [0.4, 0.5) is 0 Å². The van der Waals surface area contributed by atoms with Gasteiger partial charge in [-0.25, -0.2) is 0 Å². The number of Topliss-reactive ketones (excluding diaryl/α,β-unsaturated/α-hetero) is 1. The van der Waals surface area contributed by atoms with Crippen LogP contribution in [0, 0.1) is 38.5 Å². The van der Waals surface area contributed by atoms with Crippen LogP contribution in [-0.4, -0.2) is 41.5 Å². The number of aliphatic hydroxyl groups excluding tert-OH is 1. The number of ether oxygens (including phenoxy) is 2. The van der Waals surface area contributed by atoms with Gasteiger partial charge in [-0.1, -0.05) is 72.6 Å². The molecule has 1 aromatic carbocycles. The monoisotopic (exact) mass is 643 g/mol. The number of esters is 1. The first kappa shape index (κ1) is 39.8. The van der Waals surface area contributed by atoms with Crippen molar-refractivity contribution in [2.24, 2.45) is 17.8 Å². The highest BCUT2D eigenvalue weighted by Gasteiger charge is 2.35. The summed E-state index contributed by atoms with van der Waals surface area (Å²) in [5, 5.41) is 11.5. The highest BCUT2D eigenvalue weighted by Crippen LogP contribution is 2.45. The Hall–Kier alpha value is -2.41. The number of hydrogen-bond donors (Lipinski definition) is 2. The fourth-order valence-corrected chi connectivity index (χ4v) is 6.59. The minimum absolute atomic E-state index is 0.00844. The van der Waals surface area contributed by atoms with E-state index in [1.54, 1.807) is 0 Å². The van der Waals surface area contributed by atoms with Crippen molar-refractivity contribution in [3.05, 3.63) is 22.3 Å². The third-order valence-corrected chi connectivity index (χ3v) is 9.95. The van der Waals surface area contributed by atoms with Gasteiger partial charge in [-0.3, -0.25) is 14.4 Å². The van der Waals surface area contributed by atoms with Gasteiger partial charge in [0.2, 0.25) is 5.91 Å². The Morgan fingerprint density at radius 1 is 0.826 bits per heavy atom. The second kappa shape index (κ2) is 20.1. The first-order chi connectivity index (χ1) is 21.8. The Bertz CT molecular complexity index is 1130. The molecule has 0 fully saturated rings. The number of carbonyl (C=O) groups excluding carboxylic acids is 3. The molecule has 1 aliphatic rings. The van der Waals surface area contributed by atoms with E-state index < -0.39 is 5.97 Å². The van der Waals surface area contributed by atoms with E-state index in [9.17, 15) is 14.4 Å². The van der Waals surface area contributed by atoms with Crippen LogP contribution in [0.2, 0.25) is 0 Å². The van der Waals surface area contributed by atoms with Crippen molar-refractivity contribution in [2.75, 3.05) is 13.2 Å². The molecule has 0 radical (unpaired) electrons. The van der Waals surface area contributed by atoms with E-state index in [4.69, 9.17) is 14.6 Å². The van der Waals surface area contributed by atoms with Crippen LogP contribution >= 0.6 is 0 Å². The van der Waals surface area contributed by atoms with Gasteiger partial charge in [0.1, 0.15) is 22.9 Å². The van der Waals surface area contributed by atoms with Crippen molar-refractivity contribution < 1.29 is 29.0 Å². The van der Waals surface area contributed by atoms with Crippen LogP contribution in [-0.2, 0) is 20.8 Å². The van der Waals surface area contributed by atoms with E-state index >= 15 is 0 Å². The number of benzene rings is 1. The van der Waals surface area contributed by atoms with Gasteiger partial charge >= 0.3 is 5.97 Å². The summed E-state index contributed by atoms with van der Waals surface area (Å²) in [6.07, 6.45) is 14.0. The Kier molecular flexibility index (Phi) is 17.3. The SMILES string of the molecule is Cc1c(C)c2c(c(C)c1OC(=O)CCC(=O)CCC(=O)NCCCO)CCC(C)(CCCC(C)CCCC(C)CCCC(C)C)O2. The van der Waals surface area contributed by atoms with Crippen molar-refractivity contribution in [1.29, 1.82) is 0 Å². The van der Waals surface area contributed by atoms with Crippen molar-refractivity contribution >= 4 is 17.7 Å². The maximum absolute atomic E-state index is 12.7. The molecule has 7 nitrogen and oxygen atoms in total. The summed E-state index contributed by atoms with van der Waals surface area (Å²) >= 11 is 0. The van der Waals surface area contributed by atoms with Crippen LogP contribution in [0.15, 0.2) is 0 Å². The fraction of sp³-hybridized carbons (Fsp3) is 0.769. The Balaban J connectivity index is 1.83. The molecule has 0 spiro atoms. The lowest BCUT2D eigenvalue weighted by molar-refractivity contribution is -0.136. The molecular formula is C39H65NO6. The van der Waals surface area contributed by atoms with Crippen LogP contribution in [0.5, 0.6) is 11.5 Å². The van der Waals surface area contributed by atoms with Crippen molar-refractivity contribution in [2.45, 2.75) is 164 Å². The molecule has 2 rings (SSSR count). The number of amides is 1. The summed E-state index contributed by atoms with van der Waals surface area (Å²) in [7, 11) is 0. The van der Waals surface area contributed by atoms with E-state index in [2.05, 4.69) is 39.9 Å². The average Bonchev–Trinajstić information content (AvgIpc) is 2.99. The number of ketones is 1. The highest BCUT2D eigenvalue weighted by molar-refractivity contribution is 5.87. The maximum Gasteiger partial charge on any atom is 0.311 e. The van der Waals surface area contributed by atoms with Crippen molar-refractivity contribution in [3.8, 4) is 11.5 Å². The first-order valence-corrected chi connectivity index (χ1v) is 18.2. The van der Waals surface area contributed by atoms with Gasteiger partial charge < -0.3 is 19.9 Å². The summed E-state index contributed by atoms with van der Waals surface area (Å²) in [4.78, 5) is 36.8. The molecule has 1 aliphatic heterocycles. The van der Waals surface area contributed by atoms with E-state index in [0.29, 0.717) is 18.7 Å². The summed E-state index contributed by atoms with van der Waals surface area (Å²) in [5.41, 5.74) is 3.75. The third kappa shape index (κ3) is 13.8. The second-order valence-corrected chi connectivity index (χ2v) is 14.9. The minimum Gasteiger partial charge on any atom is -0.487 e. The molecule has 0 aliphatic carbocycles. The topological polar surface area (TPSA) is 102 Å². The molecule has 46 heavy (non-hydrogen) atoms. The molecule has 262 valence electrons. The predicted molar refractivity (Wildman–Crippen MR) is 187 cm³/mol. The molecule has 1 heterocycles. The zero-order chi connectivity index (χ0) is 34.3. The highest BCUT2D eigenvalue weighted by atomic mass is 16.5. The van der Waals surface area contributed by atoms with Gasteiger partial charge in [-0.2, -0.15) is 0 Å². The summed E-state index contributed by atoms with van der Waals surface area (Å²) in [6.45, 7) is 18.1. The molecule has 1 amide bonds. The lowest BCUT2D eigenvalue weighted by Gasteiger charge is -2.38. The average molecular weight is 644 g/mol. The Labute approximate surface area is 280 Å². The lowest BCUT2D eigenvalue weighted by atomic mass is 9.83. The number of rotatable bonds is 22. The quantitative estimate of drug-likeness (QED) is 0.0745. The van der Waals surface area contributed by atoms with Crippen molar-refractivity contribution in [3.63, 3.8) is 0 Å². The lowest BCUT2D eigenvalue weighted by Crippen LogP contribution is -2.37. The van der Waals surface area contributed by atoms with Gasteiger partial charge in [-0.15, -0.1) is 0 Å². The van der Waals surface area contributed by atoms with Gasteiger partial charge in [0, 0.05) is 38.0 Å². The van der Waals surface area contributed by atoms with E-state index in [0.717, 1.165) is 71.4 Å². The number of carbonyl (C=O) groups is 3. The molecule has 0 saturated carbocycles. The van der Waals surface area contributed by atoms with Gasteiger partial charge in [-0.05, 0) is 94.2 Å². The first-order valence-electron chi connectivity index (χ1n) is 18.2. The predicted octanol–water partition coefficient (Wildman–Crippen LogP) is 8.67. The number of hydrogen-bond acceptors (Lipinski definition) is 6. The summed E-state index contributed by atoms with van der Waals surface area (Å²) < 4.78 is 12.6. The number of nitrogens with one attached hydrogen (secondary N) is 1. The van der Waals surface area contributed by atoms with Gasteiger partial charge in [0.25, 0.3) is 0 Å². The van der Waals surface area contributed by atoms with Crippen molar-refractivity contribution in [1.82, 2.24) is 5.32 Å². The zero-order valence-corrected chi connectivity index (χ0v) is 30.4. The minimum atomic E-state index is -0.442. The van der Waals surface area contributed by atoms with E-state index in [-0.39, 0.29) is 49.6 Å². The smallest absolute Gasteiger partial charge is 0.311 e. The van der Waals surface area contributed by atoms with E-state index in [1.807, 2.05) is 20.8 Å². The second-order valence-electron chi connectivity index (χ2n) is 14.9. The molecule has 0 bridgehead atoms.